The molecule has 0 saturated heterocycles. The number of esters is 2. The van der Waals surface area contributed by atoms with E-state index < -0.39 is 11.9 Å². The van der Waals surface area contributed by atoms with Gasteiger partial charge < -0.3 is 9.47 Å². The highest BCUT2D eigenvalue weighted by atomic mass is 16.5. The van der Waals surface area contributed by atoms with Crippen LogP contribution in [0.1, 0.15) is 55.2 Å². The Morgan fingerprint density at radius 1 is 1.04 bits per heavy atom. The summed E-state index contributed by atoms with van der Waals surface area (Å²) >= 11 is 0. The highest BCUT2D eigenvalue weighted by Crippen LogP contribution is 2.64. The summed E-state index contributed by atoms with van der Waals surface area (Å²) in [5.41, 5.74) is 3.10. The summed E-state index contributed by atoms with van der Waals surface area (Å²) in [5.74, 6) is 1.27. The lowest BCUT2D eigenvalue weighted by molar-refractivity contribution is -0.130. The molecule has 4 nitrogen and oxygen atoms in total. The topological polar surface area (TPSA) is 52.6 Å². The molecule has 4 rings (SSSR count). The third-order valence-corrected chi connectivity index (χ3v) is 6.32. The van der Waals surface area contributed by atoms with Crippen LogP contribution in [0.15, 0.2) is 43.5 Å². The van der Waals surface area contributed by atoms with Gasteiger partial charge >= 0.3 is 11.9 Å². The van der Waals surface area contributed by atoms with Crippen molar-refractivity contribution in [3.05, 3.63) is 60.2 Å². The van der Waals surface area contributed by atoms with Crippen LogP contribution in [0.2, 0.25) is 0 Å². The molecule has 2 aromatic carbocycles. The van der Waals surface area contributed by atoms with E-state index in [-0.39, 0.29) is 0 Å². The van der Waals surface area contributed by atoms with E-state index in [0.29, 0.717) is 29.3 Å². The van der Waals surface area contributed by atoms with Crippen LogP contribution >= 0.6 is 0 Å². The molecule has 0 aromatic heterocycles. The Kier molecular flexibility index (Phi) is 4.58. The Balaban J connectivity index is 2.11. The molecule has 3 unspecified atom stereocenters. The molecule has 1 fully saturated rings. The molecule has 2 aliphatic rings. The van der Waals surface area contributed by atoms with Crippen molar-refractivity contribution >= 4 is 22.7 Å². The minimum Gasteiger partial charge on any atom is -0.422 e. The fourth-order valence-corrected chi connectivity index (χ4v) is 5.09. The van der Waals surface area contributed by atoms with Crippen LogP contribution in [-0.2, 0) is 16.0 Å². The highest BCUT2D eigenvalue weighted by molar-refractivity contribution is 6.02. The second-order valence-electron chi connectivity index (χ2n) is 7.58. The molecule has 0 radical (unpaired) electrons. The van der Waals surface area contributed by atoms with Gasteiger partial charge in [0.15, 0.2) is 0 Å². The summed E-state index contributed by atoms with van der Waals surface area (Å²) in [5, 5.41) is 1.66. The van der Waals surface area contributed by atoms with E-state index in [0.717, 1.165) is 46.7 Å². The van der Waals surface area contributed by atoms with E-state index in [1.807, 2.05) is 18.2 Å². The normalized spacial score (nSPS) is 22.0. The van der Waals surface area contributed by atoms with Gasteiger partial charge in [0, 0.05) is 34.1 Å². The van der Waals surface area contributed by atoms with Crippen LogP contribution < -0.4 is 9.47 Å². The largest absolute Gasteiger partial charge is 0.422 e. The summed E-state index contributed by atoms with van der Waals surface area (Å²) in [6.07, 6.45) is 5.24. The molecule has 0 N–H and O–H groups in total. The van der Waals surface area contributed by atoms with Gasteiger partial charge in [-0.1, -0.05) is 45.2 Å². The number of ether oxygens (including phenoxy) is 2. The number of carbonyl (C=O) groups is 2. The number of hydrogen-bond acceptors (Lipinski definition) is 4. The summed E-state index contributed by atoms with van der Waals surface area (Å²) in [4.78, 5) is 24.3. The van der Waals surface area contributed by atoms with Gasteiger partial charge in [-0.2, -0.15) is 0 Å². The Labute approximate surface area is 164 Å². The van der Waals surface area contributed by atoms with Crippen LogP contribution in [0.4, 0.5) is 0 Å². The van der Waals surface area contributed by atoms with Crippen molar-refractivity contribution in [2.45, 2.75) is 44.9 Å². The Morgan fingerprint density at radius 3 is 2.18 bits per heavy atom. The van der Waals surface area contributed by atoms with Crippen molar-refractivity contribution in [2.75, 3.05) is 0 Å². The average molecular weight is 376 g/mol. The molecule has 0 spiro atoms. The van der Waals surface area contributed by atoms with Crippen molar-refractivity contribution in [3.8, 4) is 11.5 Å². The third-order valence-electron chi connectivity index (χ3n) is 6.32. The number of hydrogen-bond donors (Lipinski definition) is 0. The minimum atomic E-state index is -0.475. The smallest absolute Gasteiger partial charge is 0.335 e. The van der Waals surface area contributed by atoms with Crippen LogP contribution in [0, 0.1) is 5.92 Å². The zero-order valence-electron chi connectivity index (χ0n) is 16.3. The van der Waals surface area contributed by atoms with Gasteiger partial charge in [-0.25, -0.2) is 9.59 Å². The Hall–Kier alpha value is -2.88. The number of fused-ring (bicyclic) bond motifs is 6. The minimum absolute atomic E-state index is 0.295. The number of benzene rings is 2. The molecule has 0 heterocycles. The van der Waals surface area contributed by atoms with Gasteiger partial charge in [-0.05, 0) is 42.6 Å². The summed E-state index contributed by atoms with van der Waals surface area (Å²) in [7, 11) is 0. The molecular weight excluding hydrogens is 352 g/mol. The third kappa shape index (κ3) is 2.59. The van der Waals surface area contributed by atoms with Crippen molar-refractivity contribution < 1.29 is 19.1 Å². The van der Waals surface area contributed by atoms with Crippen molar-refractivity contribution in [1.82, 2.24) is 0 Å². The van der Waals surface area contributed by atoms with Crippen LogP contribution in [-0.4, -0.2) is 11.9 Å². The quantitative estimate of drug-likeness (QED) is 0.409. The van der Waals surface area contributed by atoms with Crippen molar-refractivity contribution in [2.24, 2.45) is 5.92 Å². The molecule has 0 amide bonds. The molecule has 4 heteroatoms. The second-order valence-corrected chi connectivity index (χ2v) is 7.58. The van der Waals surface area contributed by atoms with Gasteiger partial charge in [0.05, 0.1) is 0 Å². The van der Waals surface area contributed by atoms with Crippen LogP contribution in [0.3, 0.4) is 0 Å². The van der Waals surface area contributed by atoms with Gasteiger partial charge in [0.1, 0.15) is 11.5 Å². The number of rotatable bonds is 5. The zero-order valence-corrected chi connectivity index (χ0v) is 16.3. The van der Waals surface area contributed by atoms with E-state index in [2.05, 4.69) is 27.0 Å². The highest BCUT2D eigenvalue weighted by Gasteiger charge is 2.48. The lowest BCUT2D eigenvalue weighted by Crippen LogP contribution is -2.13. The predicted molar refractivity (Wildman–Crippen MR) is 109 cm³/mol. The van der Waals surface area contributed by atoms with E-state index in [1.54, 1.807) is 0 Å². The van der Waals surface area contributed by atoms with Gasteiger partial charge in [-0.15, -0.1) is 0 Å². The van der Waals surface area contributed by atoms with E-state index >= 15 is 0 Å². The maximum atomic E-state index is 12.2. The van der Waals surface area contributed by atoms with E-state index in [1.165, 1.54) is 12.2 Å². The number of carbonyl (C=O) groups excluding carboxylic acids is 2. The molecular formula is C24H24O4. The maximum absolute atomic E-state index is 12.2. The lowest BCUT2D eigenvalue weighted by atomic mass is 9.85. The van der Waals surface area contributed by atoms with Crippen molar-refractivity contribution in [1.29, 1.82) is 0 Å². The second kappa shape index (κ2) is 6.93. The molecule has 2 aromatic rings. The Bertz CT molecular complexity index is 1020. The van der Waals surface area contributed by atoms with E-state index in [4.69, 9.17) is 9.47 Å². The monoisotopic (exact) mass is 376 g/mol. The first-order valence-corrected chi connectivity index (χ1v) is 9.81. The average Bonchev–Trinajstić information content (AvgIpc) is 3.22. The predicted octanol–water partition coefficient (Wildman–Crippen LogP) is 5.20. The van der Waals surface area contributed by atoms with E-state index in [9.17, 15) is 9.59 Å². The summed E-state index contributed by atoms with van der Waals surface area (Å²) in [6, 6.07) is 5.91. The molecule has 1 saturated carbocycles. The Morgan fingerprint density at radius 2 is 1.61 bits per heavy atom. The van der Waals surface area contributed by atoms with Crippen LogP contribution in [0.5, 0.6) is 11.5 Å². The first kappa shape index (κ1) is 18.5. The molecule has 3 atom stereocenters. The lowest BCUT2D eigenvalue weighted by Gasteiger charge is -2.24. The van der Waals surface area contributed by atoms with Crippen LogP contribution in [0.25, 0.3) is 10.8 Å². The SMILES string of the molecule is C=CC(=O)Oc1c2c(c(OC(=O)C=C)c3c(CC)cccc13)C1CCC2C1C. The van der Waals surface area contributed by atoms with Gasteiger partial charge in [0.25, 0.3) is 0 Å². The maximum Gasteiger partial charge on any atom is 0.335 e. The standard InChI is InChI=1S/C24H24O4/c1-5-14-9-8-10-17-20(14)24(28-19(26)7-3)22-16-12-11-15(13(16)4)21(22)23(17)27-18(25)6-2/h6-10,13,15-16H,2-3,5,11-12H2,1,4H3. The fraction of sp³-hybridized carbons (Fsp3) is 0.333. The number of aryl methyl sites for hydroxylation is 1. The zero-order chi connectivity index (χ0) is 20.0. The molecule has 2 bridgehead atoms. The van der Waals surface area contributed by atoms with Crippen molar-refractivity contribution in [3.63, 3.8) is 0 Å². The summed E-state index contributed by atoms with van der Waals surface area (Å²) < 4.78 is 11.6. The molecule has 28 heavy (non-hydrogen) atoms. The molecule has 0 aliphatic heterocycles. The first-order chi connectivity index (χ1) is 13.5. The first-order valence-electron chi connectivity index (χ1n) is 9.81. The van der Waals surface area contributed by atoms with Gasteiger partial charge in [0.2, 0.25) is 0 Å². The fourth-order valence-electron chi connectivity index (χ4n) is 5.09. The molecule has 2 aliphatic carbocycles. The van der Waals surface area contributed by atoms with Gasteiger partial charge in [-0.3, -0.25) is 0 Å². The molecule has 144 valence electrons. The summed E-state index contributed by atoms with van der Waals surface area (Å²) in [6.45, 7) is 11.4.